The number of alkyl halides is 1. The zero-order chi connectivity index (χ0) is 14.5. The zero-order valence-corrected chi connectivity index (χ0v) is 13.6. The molecule has 20 heavy (non-hydrogen) atoms. The predicted molar refractivity (Wildman–Crippen MR) is 86.1 cm³/mol. The standard InChI is InChI=1S/C17H19BrO2/c1-12-6-4-5-7-13(12)10-17(18)14-8-15(19-2)11-16(9-14)20-3/h4-9,11,17H,10H2,1-3H3. The van der Waals surface area contributed by atoms with E-state index < -0.39 is 0 Å². The SMILES string of the molecule is COc1cc(OC)cc(C(Br)Cc2ccccc2C)c1. The molecule has 0 aliphatic rings. The van der Waals surface area contributed by atoms with Crippen molar-refractivity contribution in [3.8, 4) is 11.5 Å². The predicted octanol–water partition coefficient (Wildman–Crippen LogP) is 4.69. The number of rotatable bonds is 5. The number of methoxy groups -OCH3 is 2. The third kappa shape index (κ3) is 3.54. The Morgan fingerprint density at radius 3 is 2.15 bits per heavy atom. The summed E-state index contributed by atoms with van der Waals surface area (Å²) in [6.07, 6.45) is 0.934. The Labute approximate surface area is 128 Å². The van der Waals surface area contributed by atoms with Crippen molar-refractivity contribution >= 4 is 15.9 Å². The van der Waals surface area contributed by atoms with Crippen molar-refractivity contribution in [3.63, 3.8) is 0 Å². The number of ether oxygens (including phenoxy) is 2. The minimum absolute atomic E-state index is 0.229. The summed E-state index contributed by atoms with van der Waals surface area (Å²) in [5, 5.41) is 0. The lowest BCUT2D eigenvalue weighted by molar-refractivity contribution is 0.393. The van der Waals surface area contributed by atoms with Crippen LogP contribution in [-0.4, -0.2) is 14.2 Å². The molecule has 3 heteroatoms. The Kier molecular flexibility index (Phi) is 5.07. The first-order chi connectivity index (χ1) is 9.63. The lowest BCUT2D eigenvalue weighted by Gasteiger charge is -2.15. The number of benzene rings is 2. The van der Waals surface area contributed by atoms with Crippen molar-refractivity contribution in [2.45, 2.75) is 18.2 Å². The van der Waals surface area contributed by atoms with Crippen molar-refractivity contribution < 1.29 is 9.47 Å². The highest BCUT2D eigenvalue weighted by molar-refractivity contribution is 9.09. The molecule has 0 amide bonds. The minimum atomic E-state index is 0.229. The third-order valence-electron chi connectivity index (χ3n) is 3.40. The van der Waals surface area contributed by atoms with E-state index in [2.05, 4.69) is 47.1 Å². The third-order valence-corrected chi connectivity index (χ3v) is 4.25. The second kappa shape index (κ2) is 6.80. The number of aryl methyl sites for hydroxylation is 1. The van der Waals surface area contributed by atoms with Crippen molar-refractivity contribution in [3.05, 3.63) is 59.2 Å². The van der Waals surface area contributed by atoms with Gasteiger partial charge in [0.05, 0.1) is 14.2 Å². The normalized spacial score (nSPS) is 12.0. The Morgan fingerprint density at radius 2 is 1.60 bits per heavy atom. The van der Waals surface area contributed by atoms with Gasteiger partial charge in [0.2, 0.25) is 0 Å². The highest BCUT2D eigenvalue weighted by Gasteiger charge is 2.12. The number of hydrogen-bond donors (Lipinski definition) is 0. The van der Waals surface area contributed by atoms with Gasteiger partial charge in [-0.1, -0.05) is 40.2 Å². The van der Waals surface area contributed by atoms with E-state index in [1.165, 1.54) is 11.1 Å². The van der Waals surface area contributed by atoms with E-state index >= 15 is 0 Å². The van der Waals surface area contributed by atoms with Crippen LogP contribution < -0.4 is 9.47 Å². The maximum absolute atomic E-state index is 5.32. The van der Waals surface area contributed by atoms with E-state index in [1.807, 2.05) is 18.2 Å². The maximum Gasteiger partial charge on any atom is 0.122 e. The Balaban J connectivity index is 2.24. The fourth-order valence-electron chi connectivity index (χ4n) is 2.16. The molecule has 0 aliphatic heterocycles. The van der Waals surface area contributed by atoms with E-state index in [0.717, 1.165) is 23.5 Å². The summed E-state index contributed by atoms with van der Waals surface area (Å²) in [5.41, 5.74) is 3.81. The Morgan fingerprint density at radius 1 is 1.00 bits per heavy atom. The summed E-state index contributed by atoms with van der Waals surface area (Å²) in [6.45, 7) is 2.14. The van der Waals surface area contributed by atoms with E-state index in [0.29, 0.717) is 0 Å². The first kappa shape index (κ1) is 14.9. The van der Waals surface area contributed by atoms with Gasteiger partial charge in [0, 0.05) is 10.9 Å². The van der Waals surface area contributed by atoms with Crippen LogP contribution in [0.5, 0.6) is 11.5 Å². The summed E-state index contributed by atoms with van der Waals surface area (Å²) in [5.74, 6) is 1.63. The zero-order valence-electron chi connectivity index (χ0n) is 12.0. The molecule has 0 spiro atoms. The van der Waals surface area contributed by atoms with Crippen LogP contribution in [0.3, 0.4) is 0 Å². The molecule has 2 aromatic carbocycles. The van der Waals surface area contributed by atoms with Crippen molar-refractivity contribution in [2.24, 2.45) is 0 Å². The molecule has 1 unspecified atom stereocenters. The Hall–Kier alpha value is -1.48. The summed E-state index contributed by atoms with van der Waals surface area (Å²) in [6, 6.07) is 14.4. The van der Waals surface area contributed by atoms with Gasteiger partial charge >= 0.3 is 0 Å². The molecule has 2 nitrogen and oxygen atoms in total. The number of halogens is 1. The van der Waals surface area contributed by atoms with Gasteiger partial charge in [-0.05, 0) is 42.2 Å². The molecule has 0 N–H and O–H groups in total. The summed E-state index contributed by atoms with van der Waals surface area (Å²) in [7, 11) is 3.34. The van der Waals surface area contributed by atoms with Crippen LogP contribution >= 0.6 is 15.9 Å². The average Bonchev–Trinajstić information content (AvgIpc) is 2.48. The van der Waals surface area contributed by atoms with Gasteiger partial charge in [-0.25, -0.2) is 0 Å². The van der Waals surface area contributed by atoms with Crippen molar-refractivity contribution in [2.75, 3.05) is 14.2 Å². The molecule has 0 fully saturated rings. The van der Waals surface area contributed by atoms with Gasteiger partial charge in [0.25, 0.3) is 0 Å². The second-order valence-electron chi connectivity index (χ2n) is 4.74. The van der Waals surface area contributed by atoms with E-state index in [1.54, 1.807) is 14.2 Å². The second-order valence-corrected chi connectivity index (χ2v) is 5.85. The Bertz CT molecular complexity index is 559. The molecular formula is C17H19BrO2. The fraction of sp³-hybridized carbons (Fsp3) is 0.294. The van der Waals surface area contributed by atoms with Crippen LogP contribution in [0.1, 0.15) is 21.5 Å². The monoisotopic (exact) mass is 334 g/mol. The molecule has 2 rings (SSSR count). The molecule has 106 valence electrons. The molecule has 0 aromatic heterocycles. The smallest absolute Gasteiger partial charge is 0.122 e. The van der Waals surface area contributed by atoms with Gasteiger partial charge < -0.3 is 9.47 Å². The number of hydrogen-bond acceptors (Lipinski definition) is 2. The van der Waals surface area contributed by atoms with Crippen LogP contribution in [-0.2, 0) is 6.42 Å². The molecule has 0 aliphatic carbocycles. The van der Waals surface area contributed by atoms with Crippen LogP contribution in [0.25, 0.3) is 0 Å². The average molecular weight is 335 g/mol. The summed E-state index contributed by atoms with van der Waals surface area (Å²) >= 11 is 3.77. The van der Waals surface area contributed by atoms with Crippen molar-refractivity contribution in [1.82, 2.24) is 0 Å². The lowest BCUT2D eigenvalue weighted by atomic mass is 10.0. The molecule has 0 saturated heterocycles. The lowest BCUT2D eigenvalue weighted by Crippen LogP contribution is -1.99. The topological polar surface area (TPSA) is 18.5 Å². The molecule has 0 saturated carbocycles. The summed E-state index contributed by atoms with van der Waals surface area (Å²) < 4.78 is 10.6. The van der Waals surface area contributed by atoms with Crippen LogP contribution in [0, 0.1) is 6.92 Å². The van der Waals surface area contributed by atoms with E-state index in [4.69, 9.17) is 9.47 Å². The highest BCUT2D eigenvalue weighted by atomic mass is 79.9. The van der Waals surface area contributed by atoms with Gasteiger partial charge in [0.15, 0.2) is 0 Å². The fourth-order valence-corrected chi connectivity index (χ4v) is 2.77. The summed E-state index contributed by atoms with van der Waals surface area (Å²) in [4.78, 5) is 0.229. The van der Waals surface area contributed by atoms with E-state index in [-0.39, 0.29) is 4.83 Å². The molecule has 0 heterocycles. The molecule has 0 radical (unpaired) electrons. The molecule has 0 bridgehead atoms. The van der Waals surface area contributed by atoms with Gasteiger partial charge in [-0.2, -0.15) is 0 Å². The van der Waals surface area contributed by atoms with E-state index in [9.17, 15) is 0 Å². The van der Waals surface area contributed by atoms with Gasteiger partial charge in [-0.3, -0.25) is 0 Å². The molecule has 2 aromatic rings. The van der Waals surface area contributed by atoms with Crippen LogP contribution in [0.2, 0.25) is 0 Å². The van der Waals surface area contributed by atoms with Crippen molar-refractivity contribution in [1.29, 1.82) is 0 Å². The highest BCUT2D eigenvalue weighted by Crippen LogP contribution is 2.33. The quantitative estimate of drug-likeness (QED) is 0.738. The van der Waals surface area contributed by atoms with Gasteiger partial charge in [0.1, 0.15) is 11.5 Å². The van der Waals surface area contributed by atoms with Crippen LogP contribution in [0.4, 0.5) is 0 Å². The van der Waals surface area contributed by atoms with Crippen LogP contribution in [0.15, 0.2) is 42.5 Å². The molecular weight excluding hydrogens is 316 g/mol. The first-order valence-corrected chi connectivity index (χ1v) is 7.47. The largest absolute Gasteiger partial charge is 0.497 e. The first-order valence-electron chi connectivity index (χ1n) is 6.55. The van der Waals surface area contributed by atoms with Gasteiger partial charge in [-0.15, -0.1) is 0 Å². The molecule has 1 atom stereocenters. The minimum Gasteiger partial charge on any atom is -0.497 e. The maximum atomic E-state index is 5.32.